The third-order valence-corrected chi connectivity index (χ3v) is 2.29. The Balaban J connectivity index is 2.17. The molecule has 0 aromatic rings. The SMILES string of the molecule is C[CH]1[CH2][Pd]1. The van der Waals surface area contributed by atoms with Crippen LogP contribution in [0.1, 0.15) is 6.92 Å². The summed E-state index contributed by atoms with van der Waals surface area (Å²) in [4.78, 5) is 1.54. The van der Waals surface area contributed by atoms with Crippen LogP contribution in [0.3, 0.4) is 0 Å². The number of hydrogen-bond acceptors (Lipinski definition) is 0. The van der Waals surface area contributed by atoms with Gasteiger partial charge in [0.1, 0.15) is 0 Å². The Morgan fingerprint density at radius 1 is 2.00 bits per heavy atom. The summed E-state index contributed by atoms with van der Waals surface area (Å²) in [7, 11) is 0. The maximum absolute atomic E-state index is 2.30. The van der Waals surface area contributed by atoms with E-state index in [2.05, 4.69) is 6.92 Å². The van der Waals surface area contributed by atoms with Gasteiger partial charge in [-0.05, 0) is 0 Å². The molecule has 0 nitrogen and oxygen atoms in total. The molecule has 0 radical (unpaired) electrons. The molecule has 1 aliphatic rings. The van der Waals surface area contributed by atoms with Crippen LogP contribution >= 0.6 is 0 Å². The van der Waals surface area contributed by atoms with Crippen molar-refractivity contribution in [3.63, 3.8) is 0 Å². The molecule has 28 valence electrons. The first-order valence-corrected chi connectivity index (χ1v) is 3.39. The zero-order valence-electron chi connectivity index (χ0n) is 2.60. The van der Waals surface area contributed by atoms with E-state index in [1.807, 2.05) is 0 Å². The summed E-state index contributed by atoms with van der Waals surface area (Å²) < 4.78 is 1.13. The summed E-state index contributed by atoms with van der Waals surface area (Å²) in [6.45, 7) is 2.30. The quantitative estimate of drug-likeness (QED) is 0.455. The Morgan fingerprint density at radius 2 is 2.25 bits per heavy atom. The monoisotopic (exact) mass is 148 g/mol. The Labute approximate surface area is 34.7 Å². The van der Waals surface area contributed by atoms with Crippen LogP contribution in [0.2, 0.25) is 9.28 Å². The Hall–Kier alpha value is 0.662. The summed E-state index contributed by atoms with van der Waals surface area (Å²) in [5, 5.41) is 0. The van der Waals surface area contributed by atoms with Crippen molar-refractivity contribution in [3.8, 4) is 0 Å². The molecule has 0 bridgehead atoms. The molecule has 0 N–H and O–H groups in total. The number of hydrogen-bond donors (Lipinski definition) is 0. The normalized spacial score (nSPS) is 41.8. The molecule has 1 rings (SSSR count). The van der Waals surface area contributed by atoms with Gasteiger partial charge in [-0.3, -0.25) is 0 Å². The van der Waals surface area contributed by atoms with Gasteiger partial charge in [-0.1, -0.05) is 0 Å². The molecule has 0 spiro atoms. The fourth-order valence-corrected chi connectivity index (χ4v) is 0.441. The zero-order chi connectivity index (χ0) is 2.99. The molecule has 0 amide bonds. The van der Waals surface area contributed by atoms with Crippen LogP contribution in [-0.4, -0.2) is 0 Å². The van der Waals surface area contributed by atoms with Gasteiger partial charge in [0, 0.05) is 0 Å². The Kier molecular flexibility index (Phi) is 0.582. The van der Waals surface area contributed by atoms with Crippen molar-refractivity contribution in [2.45, 2.75) is 16.2 Å². The molecule has 4 heavy (non-hydrogen) atoms. The van der Waals surface area contributed by atoms with Gasteiger partial charge in [0.2, 0.25) is 0 Å². The van der Waals surface area contributed by atoms with E-state index in [0.717, 1.165) is 22.4 Å². The summed E-state index contributed by atoms with van der Waals surface area (Å²) in [5.74, 6) is 0. The predicted octanol–water partition coefficient (Wildman–Crippen LogP) is 1.31. The molecule has 1 heteroatoms. The van der Waals surface area contributed by atoms with Gasteiger partial charge in [-0.15, -0.1) is 0 Å². The molecule has 0 saturated carbocycles. The van der Waals surface area contributed by atoms with Crippen LogP contribution in [0.25, 0.3) is 0 Å². The van der Waals surface area contributed by atoms with Crippen molar-refractivity contribution in [2.75, 3.05) is 0 Å². The standard InChI is InChI=1S/C3H6.Pd/c1-3-2;/h3H,1H2,2H3;. The second kappa shape index (κ2) is 0.810. The van der Waals surface area contributed by atoms with E-state index in [1.165, 1.54) is 4.89 Å². The summed E-state index contributed by atoms with van der Waals surface area (Å²) in [6, 6.07) is 0. The van der Waals surface area contributed by atoms with E-state index < -0.39 is 0 Å². The van der Waals surface area contributed by atoms with E-state index in [9.17, 15) is 0 Å². The van der Waals surface area contributed by atoms with Crippen molar-refractivity contribution >= 4 is 0 Å². The van der Waals surface area contributed by atoms with Crippen LogP contribution in [0.5, 0.6) is 0 Å². The molecule has 1 atom stereocenters. The number of rotatable bonds is 0. The molecule has 0 aromatic heterocycles. The van der Waals surface area contributed by atoms with Crippen molar-refractivity contribution in [3.05, 3.63) is 0 Å². The minimum absolute atomic E-state index is 1.13. The van der Waals surface area contributed by atoms with Crippen LogP contribution in [0.4, 0.5) is 0 Å². The average molecular weight is 149 g/mol. The van der Waals surface area contributed by atoms with Gasteiger partial charge in [0.25, 0.3) is 0 Å². The second-order valence-electron chi connectivity index (χ2n) is 0.978. The van der Waals surface area contributed by atoms with Crippen molar-refractivity contribution in [1.82, 2.24) is 0 Å². The predicted molar refractivity (Wildman–Crippen MR) is 14.2 cm³/mol. The van der Waals surface area contributed by atoms with Gasteiger partial charge in [0.15, 0.2) is 0 Å². The molecule has 1 unspecified atom stereocenters. The van der Waals surface area contributed by atoms with E-state index in [0.29, 0.717) is 0 Å². The van der Waals surface area contributed by atoms with Crippen molar-refractivity contribution in [1.29, 1.82) is 0 Å². The molecular formula is C3H6Pd. The fraction of sp³-hybridized carbons (Fsp3) is 1.00. The first-order chi connectivity index (χ1) is 1.89. The summed E-state index contributed by atoms with van der Waals surface area (Å²) >= 11 is 1.16. The van der Waals surface area contributed by atoms with Crippen LogP contribution in [0, 0.1) is 0 Å². The topological polar surface area (TPSA) is 0 Å². The van der Waals surface area contributed by atoms with Gasteiger partial charge in [-0.2, -0.15) is 0 Å². The summed E-state index contributed by atoms with van der Waals surface area (Å²) in [6.07, 6.45) is 0. The minimum atomic E-state index is 1.13. The average Bonchev–Trinajstić information content (AvgIpc) is 1.75. The molecule has 1 heterocycles. The van der Waals surface area contributed by atoms with Crippen LogP contribution < -0.4 is 0 Å². The van der Waals surface area contributed by atoms with Gasteiger partial charge in [0.05, 0.1) is 0 Å². The van der Waals surface area contributed by atoms with E-state index in [4.69, 9.17) is 0 Å². The van der Waals surface area contributed by atoms with E-state index in [-0.39, 0.29) is 0 Å². The van der Waals surface area contributed by atoms with Crippen LogP contribution in [-0.2, 0) is 18.0 Å². The Morgan fingerprint density at radius 3 is 2.25 bits per heavy atom. The van der Waals surface area contributed by atoms with Crippen LogP contribution in [0.15, 0.2) is 0 Å². The molecule has 1 fully saturated rings. The second-order valence-corrected chi connectivity index (χ2v) is 3.78. The summed E-state index contributed by atoms with van der Waals surface area (Å²) in [5.41, 5.74) is 0. The molecule has 0 aromatic carbocycles. The van der Waals surface area contributed by atoms with E-state index >= 15 is 0 Å². The first-order valence-electron chi connectivity index (χ1n) is 1.39. The van der Waals surface area contributed by atoms with Crippen molar-refractivity contribution in [2.24, 2.45) is 0 Å². The van der Waals surface area contributed by atoms with E-state index in [1.54, 1.807) is 0 Å². The Bertz CT molecular complexity index is 22.5. The van der Waals surface area contributed by atoms with Gasteiger partial charge < -0.3 is 0 Å². The third-order valence-electron chi connectivity index (χ3n) is 0.387. The molecule has 1 saturated heterocycles. The third kappa shape index (κ3) is 0.549. The fourth-order valence-electron chi connectivity index (χ4n) is 0.0745. The maximum atomic E-state index is 2.30. The first kappa shape index (κ1) is 2.88. The molecule has 0 aliphatic carbocycles. The van der Waals surface area contributed by atoms with Gasteiger partial charge in [-0.25, -0.2) is 0 Å². The van der Waals surface area contributed by atoms with Crippen molar-refractivity contribution < 1.29 is 18.0 Å². The molecule has 1 aliphatic heterocycles. The van der Waals surface area contributed by atoms with Gasteiger partial charge >= 0.3 is 34.2 Å². The zero-order valence-corrected chi connectivity index (χ0v) is 4.16. The molecular weight excluding hydrogens is 142 g/mol.